The first-order valence-corrected chi connectivity index (χ1v) is 7.63. The maximum Gasteiger partial charge on any atom is 0.206 e. The van der Waals surface area contributed by atoms with E-state index in [1.165, 1.54) is 19.3 Å². The molecule has 21 heavy (non-hydrogen) atoms. The maximum absolute atomic E-state index is 13.6. The van der Waals surface area contributed by atoms with Gasteiger partial charge in [-0.15, -0.1) is 0 Å². The Bertz CT molecular complexity index is 484. The largest absolute Gasteiger partial charge is 0.353 e. The quantitative estimate of drug-likeness (QED) is 0.347. The van der Waals surface area contributed by atoms with Crippen molar-refractivity contribution in [2.45, 2.75) is 58.5 Å². The zero-order chi connectivity index (χ0) is 15.2. The molecule has 1 aliphatic rings. The van der Waals surface area contributed by atoms with E-state index in [9.17, 15) is 4.39 Å². The number of nitrogens with zero attached hydrogens (tertiary/aromatic N) is 1. The Hall–Kier alpha value is -1.62. The molecule has 116 valence electrons. The first-order chi connectivity index (χ1) is 10.1. The van der Waals surface area contributed by atoms with Crippen LogP contribution < -0.4 is 16.6 Å². The average Bonchev–Trinajstić information content (AvgIpc) is 2.49. The minimum absolute atomic E-state index is 0.139. The lowest BCUT2D eigenvalue weighted by Crippen LogP contribution is -2.47. The van der Waals surface area contributed by atoms with E-state index >= 15 is 0 Å². The molecule has 0 radical (unpaired) electrons. The van der Waals surface area contributed by atoms with Crippen LogP contribution in [-0.4, -0.2) is 12.0 Å². The van der Waals surface area contributed by atoms with E-state index in [0.717, 1.165) is 18.4 Å². The van der Waals surface area contributed by atoms with Gasteiger partial charge in [0.15, 0.2) is 0 Å². The van der Waals surface area contributed by atoms with E-state index in [1.807, 2.05) is 12.1 Å². The highest BCUT2D eigenvalue weighted by molar-refractivity contribution is 5.79. The molecule has 0 spiro atoms. The van der Waals surface area contributed by atoms with Crippen molar-refractivity contribution in [3.05, 3.63) is 34.6 Å². The maximum atomic E-state index is 13.6. The van der Waals surface area contributed by atoms with Crippen molar-refractivity contribution < 1.29 is 4.39 Å². The summed E-state index contributed by atoms with van der Waals surface area (Å²) >= 11 is 0. The van der Waals surface area contributed by atoms with Crippen LogP contribution in [0.25, 0.3) is 0 Å². The van der Waals surface area contributed by atoms with E-state index < -0.39 is 0 Å². The highest BCUT2D eigenvalue weighted by Crippen LogP contribution is 2.17. The molecule has 2 rings (SSSR count). The topological polar surface area (TPSA) is 62.4 Å². The van der Waals surface area contributed by atoms with Crippen LogP contribution in [0.15, 0.2) is 17.1 Å². The van der Waals surface area contributed by atoms with Crippen LogP contribution in [0.4, 0.5) is 4.39 Å². The predicted octanol–water partition coefficient (Wildman–Crippen LogP) is 2.68. The van der Waals surface area contributed by atoms with Gasteiger partial charge < -0.3 is 5.32 Å². The van der Waals surface area contributed by atoms with Gasteiger partial charge in [0, 0.05) is 6.04 Å². The van der Waals surface area contributed by atoms with Crippen LogP contribution in [0.3, 0.4) is 0 Å². The van der Waals surface area contributed by atoms with Gasteiger partial charge in [0.2, 0.25) is 5.96 Å². The average molecular weight is 292 g/mol. The number of halogens is 1. The van der Waals surface area contributed by atoms with Gasteiger partial charge in [-0.2, -0.15) is 0 Å². The molecule has 1 aromatic rings. The molecule has 4 N–H and O–H groups in total. The van der Waals surface area contributed by atoms with E-state index in [1.54, 1.807) is 13.8 Å². The van der Waals surface area contributed by atoms with E-state index in [-0.39, 0.29) is 5.82 Å². The summed E-state index contributed by atoms with van der Waals surface area (Å²) in [5, 5.41) is 3.36. The van der Waals surface area contributed by atoms with Gasteiger partial charge in [-0.25, -0.2) is 15.2 Å². The second kappa shape index (κ2) is 7.41. The van der Waals surface area contributed by atoms with Crippen molar-refractivity contribution in [2.24, 2.45) is 10.8 Å². The minimum Gasteiger partial charge on any atom is -0.353 e. The van der Waals surface area contributed by atoms with Crippen LogP contribution in [0.2, 0.25) is 0 Å². The van der Waals surface area contributed by atoms with E-state index in [0.29, 0.717) is 29.7 Å². The first kappa shape index (κ1) is 15.8. The summed E-state index contributed by atoms with van der Waals surface area (Å²) in [6.45, 7) is 4.04. The Labute approximate surface area is 126 Å². The number of nitrogens with two attached hydrogens (primary N) is 1. The third-order valence-electron chi connectivity index (χ3n) is 4.00. The molecule has 0 amide bonds. The molecule has 0 unspecified atom stereocenters. The summed E-state index contributed by atoms with van der Waals surface area (Å²) in [7, 11) is 0. The summed E-state index contributed by atoms with van der Waals surface area (Å²) in [4.78, 5) is 4.47. The number of hydrazine groups is 1. The monoisotopic (exact) mass is 292 g/mol. The number of guanidine groups is 1. The number of aryl methyl sites for hydroxylation is 2. The van der Waals surface area contributed by atoms with Crippen LogP contribution in [0.1, 0.15) is 48.8 Å². The van der Waals surface area contributed by atoms with Crippen LogP contribution in [0.5, 0.6) is 0 Å². The number of rotatable bonds is 3. The molecule has 0 atom stereocenters. The Kier molecular flexibility index (Phi) is 5.56. The molecule has 0 aromatic heterocycles. The van der Waals surface area contributed by atoms with Gasteiger partial charge >= 0.3 is 0 Å². The molecule has 1 saturated carbocycles. The number of aliphatic imine (C=N–C) groups is 1. The Morgan fingerprint density at radius 2 is 1.86 bits per heavy atom. The van der Waals surface area contributed by atoms with Gasteiger partial charge in [-0.05, 0) is 43.4 Å². The minimum atomic E-state index is -0.139. The number of benzene rings is 1. The van der Waals surface area contributed by atoms with Crippen molar-refractivity contribution in [3.63, 3.8) is 0 Å². The number of hydrogen-bond acceptors (Lipinski definition) is 2. The van der Waals surface area contributed by atoms with Crippen molar-refractivity contribution in [1.82, 2.24) is 10.7 Å². The lowest BCUT2D eigenvalue weighted by molar-refractivity contribution is 0.410. The lowest BCUT2D eigenvalue weighted by atomic mass is 9.96. The highest BCUT2D eigenvalue weighted by atomic mass is 19.1. The molecule has 0 heterocycles. The fourth-order valence-electron chi connectivity index (χ4n) is 2.87. The summed E-state index contributed by atoms with van der Waals surface area (Å²) in [6, 6.07) is 4.12. The molecular formula is C16H25FN4. The van der Waals surface area contributed by atoms with Gasteiger partial charge in [-0.1, -0.05) is 31.4 Å². The lowest BCUT2D eigenvalue weighted by Gasteiger charge is -2.24. The van der Waals surface area contributed by atoms with Crippen molar-refractivity contribution in [3.8, 4) is 0 Å². The van der Waals surface area contributed by atoms with Crippen molar-refractivity contribution in [1.29, 1.82) is 0 Å². The number of nitrogens with one attached hydrogen (secondary N) is 2. The fourth-order valence-corrected chi connectivity index (χ4v) is 2.87. The molecule has 5 heteroatoms. The van der Waals surface area contributed by atoms with Gasteiger partial charge in [0.25, 0.3) is 0 Å². The Morgan fingerprint density at radius 1 is 1.24 bits per heavy atom. The molecule has 1 aliphatic carbocycles. The zero-order valence-electron chi connectivity index (χ0n) is 12.9. The summed E-state index contributed by atoms with van der Waals surface area (Å²) in [5.74, 6) is 6.01. The summed E-state index contributed by atoms with van der Waals surface area (Å²) in [5.41, 5.74) is 4.93. The highest BCUT2D eigenvalue weighted by Gasteiger charge is 2.14. The van der Waals surface area contributed by atoms with Crippen LogP contribution in [0, 0.1) is 19.7 Å². The standard InChI is InChI=1S/C16H25FN4/c1-11-8-13(9-12(2)15(11)17)10-19-16(21-18)20-14-6-4-3-5-7-14/h8-9,14H,3-7,10,18H2,1-2H3,(H2,19,20,21). The fraction of sp³-hybridized carbons (Fsp3) is 0.562. The number of hydrogen-bond donors (Lipinski definition) is 3. The zero-order valence-corrected chi connectivity index (χ0v) is 12.9. The SMILES string of the molecule is Cc1cc(CN=C(NN)NC2CCCCC2)cc(C)c1F. The molecule has 0 aliphatic heterocycles. The molecular weight excluding hydrogens is 267 g/mol. The van der Waals surface area contributed by atoms with Crippen molar-refractivity contribution >= 4 is 5.96 Å². The summed E-state index contributed by atoms with van der Waals surface area (Å²) < 4.78 is 13.6. The molecule has 0 saturated heterocycles. The predicted molar refractivity (Wildman–Crippen MR) is 84.3 cm³/mol. The van der Waals surface area contributed by atoms with Gasteiger partial charge in [0.05, 0.1) is 6.54 Å². The smallest absolute Gasteiger partial charge is 0.206 e. The van der Waals surface area contributed by atoms with Crippen LogP contribution >= 0.6 is 0 Å². The second-order valence-corrected chi connectivity index (χ2v) is 5.83. The molecule has 1 aromatic carbocycles. The van der Waals surface area contributed by atoms with E-state index in [2.05, 4.69) is 15.7 Å². The third kappa shape index (κ3) is 4.43. The summed E-state index contributed by atoms with van der Waals surface area (Å²) in [6.07, 6.45) is 6.15. The van der Waals surface area contributed by atoms with Gasteiger partial charge in [0.1, 0.15) is 5.82 Å². The third-order valence-corrected chi connectivity index (χ3v) is 4.00. The van der Waals surface area contributed by atoms with E-state index in [4.69, 9.17) is 5.84 Å². The van der Waals surface area contributed by atoms with Crippen LogP contribution in [-0.2, 0) is 6.54 Å². The first-order valence-electron chi connectivity index (χ1n) is 7.63. The normalized spacial score (nSPS) is 16.9. The Morgan fingerprint density at radius 3 is 2.43 bits per heavy atom. The van der Waals surface area contributed by atoms with Gasteiger partial charge in [-0.3, -0.25) is 5.43 Å². The molecule has 1 fully saturated rings. The second-order valence-electron chi connectivity index (χ2n) is 5.83. The molecule has 0 bridgehead atoms. The van der Waals surface area contributed by atoms with Crippen molar-refractivity contribution in [2.75, 3.05) is 0 Å². The molecule has 4 nitrogen and oxygen atoms in total. The Balaban J connectivity index is 2.00.